The first-order chi connectivity index (χ1) is 11.3. The summed E-state index contributed by atoms with van der Waals surface area (Å²) in [5.74, 6) is -0.538. The lowest BCUT2D eigenvalue weighted by atomic mass is 10.2. The molecule has 0 aliphatic rings. The van der Waals surface area contributed by atoms with Gasteiger partial charge in [-0.15, -0.1) is 0 Å². The zero-order chi connectivity index (χ0) is 17.3. The van der Waals surface area contributed by atoms with Crippen molar-refractivity contribution in [2.45, 2.75) is 18.7 Å². The van der Waals surface area contributed by atoms with E-state index >= 15 is 0 Å². The second-order valence-corrected chi connectivity index (χ2v) is 7.22. The van der Waals surface area contributed by atoms with Gasteiger partial charge in [0, 0.05) is 12.3 Å². The summed E-state index contributed by atoms with van der Waals surface area (Å²) in [7, 11) is -3.83. The van der Waals surface area contributed by atoms with Crippen molar-refractivity contribution in [3.8, 4) is 5.69 Å². The van der Waals surface area contributed by atoms with Gasteiger partial charge in [-0.05, 0) is 43.7 Å². The molecule has 0 saturated carbocycles. The molecule has 0 spiro atoms. The van der Waals surface area contributed by atoms with Crippen LogP contribution in [0.2, 0.25) is 0 Å². The number of nitrogens with zero attached hydrogens (tertiary/aromatic N) is 2. The molecule has 0 aliphatic carbocycles. The van der Waals surface area contributed by atoms with Crippen LogP contribution in [0.3, 0.4) is 0 Å². The first-order valence-electron chi connectivity index (χ1n) is 7.26. The molecule has 0 radical (unpaired) electrons. The van der Waals surface area contributed by atoms with Crippen LogP contribution in [0.4, 0.5) is 10.1 Å². The van der Waals surface area contributed by atoms with Crippen LogP contribution in [0.25, 0.3) is 5.69 Å². The van der Waals surface area contributed by atoms with Crippen molar-refractivity contribution in [3.63, 3.8) is 0 Å². The summed E-state index contributed by atoms with van der Waals surface area (Å²) in [6, 6.07) is 10.3. The maximum atomic E-state index is 13.6. The van der Waals surface area contributed by atoms with E-state index in [0.717, 1.165) is 17.2 Å². The van der Waals surface area contributed by atoms with E-state index in [0.29, 0.717) is 5.69 Å². The minimum absolute atomic E-state index is 0.111. The molecule has 0 saturated heterocycles. The molecule has 1 heterocycles. The van der Waals surface area contributed by atoms with E-state index in [1.807, 2.05) is 13.8 Å². The van der Waals surface area contributed by atoms with E-state index in [1.54, 1.807) is 24.5 Å². The topological polar surface area (TPSA) is 64.0 Å². The van der Waals surface area contributed by atoms with Gasteiger partial charge in [-0.1, -0.05) is 17.7 Å². The molecule has 1 N–H and O–H groups in total. The predicted molar refractivity (Wildman–Crippen MR) is 90.2 cm³/mol. The Morgan fingerprint density at radius 3 is 2.38 bits per heavy atom. The van der Waals surface area contributed by atoms with Gasteiger partial charge >= 0.3 is 0 Å². The molecule has 0 atom stereocenters. The summed E-state index contributed by atoms with van der Waals surface area (Å²) >= 11 is 0. The maximum absolute atomic E-state index is 13.6. The summed E-state index contributed by atoms with van der Waals surface area (Å²) in [5.41, 5.74) is 2.43. The largest absolute Gasteiger partial charge is 0.277 e. The molecule has 2 aromatic carbocycles. The first kappa shape index (κ1) is 16.2. The van der Waals surface area contributed by atoms with Crippen molar-refractivity contribution in [2.75, 3.05) is 4.72 Å². The number of aryl methyl sites for hydroxylation is 2. The van der Waals surface area contributed by atoms with Crippen LogP contribution in [-0.2, 0) is 10.0 Å². The van der Waals surface area contributed by atoms with Gasteiger partial charge in [-0.3, -0.25) is 4.72 Å². The Kier molecular flexibility index (Phi) is 4.11. The summed E-state index contributed by atoms with van der Waals surface area (Å²) in [4.78, 5) is 0.111. The van der Waals surface area contributed by atoms with Crippen LogP contribution >= 0.6 is 0 Å². The maximum Gasteiger partial charge on any atom is 0.261 e. The highest BCUT2D eigenvalue weighted by molar-refractivity contribution is 7.92. The van der Waals surface area contributed by atoms with Gasteiger partial charge in [-0.2, -0.15) is 5.10 Å². The van der Waals surface area contributed by atoms with Crippen molar-refractivity contribution in [2.24, 2.45) is 0 Å². The molecule has 24 heavy (non-hydrogen) atoms. The average Bonchev–Trinajstić information content (AvgIpc) is 2.94. The summed E-state index contributed by atoms with van der Waals surface area (Å²) in [5, 5.41) is 4.15. The molecule has 0 amide bonds. The van der Waals surface area contributed by atoms with Crippen molar-refractivity contribution >= 4 is 15.7 Å². The van der Waals surface area contributed by atoms with E-state index in [2.05, 4.69) is 9.82 Å². The van der Waals surface area contributed by atoms with Gasteiger partial charge in [0.25, 0.3) is 10.0 Å². The zero-order valence-corrected chi connectivity index (χ0v) is 14.0. The van der Waals surface area contributed by atoms with Crippen LogP contribution < -0.4 is 4.72 Å². The van der Waals surface area contributed by atoms with Gasteiger partial charge in [-0.25, -0.2) is 17.5 Å². The van der Waals surface area contributed by atoms with E-state index in [-0.39, 0.29) is 10.6 Å². The molecule has 3 rings (SSSR count). The fourth-order valence-electron chi connectivity index (χ4n) is 2.26. The number of benzene rings is 2. The number of anilines is 1. The normalized spacial score (nSPS) is 11.5. The molecule has 3 aromatic rings. The second kappa shape index (κ2) is 6.09. The Bertz CT molecular complexity index is 979. The van der Waals surface area contributed by atoms with E-state index in [1.165, 1.54) is 28.9 Å². The van der Waals surface area contributed by atoms with Crippen LogP contribution in [0, 0.1) is 19.7 Å². The molecule has 124 valence electrons. The molecular formula is C17H16FN3O2S. The standard InChI is InChI=1S/C17H16FN3O2S/c1-12-3-6-15(7-4-12)24(22,23)20-16-9-14(18)5-8-17(16)21-11-13(2)10-19-21/h3-11,20H,1-2H3. The summed E-state index contributed by atoms with van der Waals surface area (Å²) in [6.07, 6.45) is 3.37. The van der Waals surface area contributed by atoms with Crippen molar-refractivity contribution in [1.82, 2.24) is 9.78 Å². The number of aromatic nitrogens is 2. The molecule has 0 bridgehead atoms. The monoisotopic (exact) mass is 345 g/mol. The number of hydrogen-bond acceptors (Lipinski definition) is 3. The number of halogens is 1. The Balaban J connectivity index is 2.03. The molecular weight excluding hydrogens is 329 g/mol. The fraction of sp³-hybridized carbons (Fsp3) is 0.118. The molecule has 7 heteroatoms. The van der Waals surface area contributed by atoms with E-state index in [9.17, 15) is 12.8 Å². The van der Waals surface area contributed by atoms with Gasteiger partial charge < -0.3 is 0 Å². The number of sulfonamides is 1. The summed E-state index contributed by atoms with van der Waals surface area (Å²) < 4.78 is 42.7. The highest BCUT2D eigenvalue weighted by atomic mass is 32.2. The predicted octanol–water partition coefficient (Wildman–Crippen LogP) is 3.43. The van der Waals surface area contributed by atoms with Crippen molar-refractivity contribution in [1.29, 1.82) is 0 Å². The number of hydrogen-bond donors (Lipinski definition) is 1. The fourth-order valence-corrected chi connectivity index (χ4v) is 3.32. The minimum Gasteiger partial charge on any atom is -0.277 e. The van der Waals surface area contributed by atoms with Crippen LogP contribution in [0.5, 0.6) is 0 Å². The lowest BCUT2D eigenvalue weighted by Crippen LogP contribution is -2.15. The number of rotatable bonds is 4. The SMILES string of the molecule is Cc1ccc(S(=O)(=O)Nc2cc(F)ccc2-n2cc(C)cn2)cc1. The van der Waals surface area contributed by atoms with Gasteiger partial charge in [0.05, 0.1) is 22.5 Å². The highest BCUT2D eigenvalue weighted by Gasteiger charge is 2.17. The molecule has 1 aromatic heterocycles. The van der Waals surface area contributed by atoms with Gasteiger partial charge in [0.1, 0.15) is 5.82 Å². The molecule has 0 unspecified atom stereocenters. The Hall–Kier alpha value is -2.67. The lowest BCUT2D eigenvalue weighted by molar-refractivity contribution is 0.601. The van der Waals surface area contributed by atoms with E-state index in [4.69, 9.17) is 0 Å². The third-order valence-corrected chi connectivity index (χ3v) is 4.87. The van der Waals surface area contributed by atoms with E-state index < -0.39 is 15.8 Å². The Morgan fingerprint density at radius 2 is 1.75 bits per heavy atom. The Labute approximate surface area is 139 Å². The van der Waals surface area contributed by atoms with Crippen molar-refractivity contribution < 1.29 is 12.8 Å². The molecule has 5 nitrogen and oxygen atoms in total. The lowest BCUT2D eigenvalue weighted by Gasteiger charge is -2.13. The quantitative estimate of drug-likeness (QED) is 0.788. The average molecular weight is 345 g/mol. The van der Waals surface area contributed by atoms with Crippen LogP contribution in [-0.4, -0.2) is 18.2 Å². The second-order valence-electron chi connectivity index (χ2n) is 5.54. The zero-order valence-electron chi connectivity index (χ0n) is 13.2. The van der Waals surface area contributed by atoms with Gasteiger partial charge in [0.2, 0.25) is 0 Å². The molecule has 0 fully saturated rings. The minimum atomic E-state index is -3.83. The molecule has 0 aliphatic heterocycles. The third-order valence-electron chi connectivity index (χ3n) is 3.49. The van der Waals surface area contributed by atoms with Crippen LogP contribution in [0.1, 0.15) is 11.1 Å². The highest BCUT2D eigenvalue weighted by Crippen LogP contribution is 2.24. The first-order valence-corrected chi connectivity index (χ1v) is 8.74. The smallest absolute Gasteiger partial charge is 0.261 e. The number of nitrogens with one attached hydrogen (secondary N) is 1. The van der Waals surface area contributed by atoms with Crippen LogP contribution in [0.15, 0.2) is 59.8 Å². The summed E-state index contributed by atoms with van der Waals surface area (Å²) in [6.45, 7) is 3.73. The van der Waals surface area contributed by atoms with Gasteiger partial charge in [0.15, 0.2) is 0 Å². The Morgan fingerprint density at radius 1 is 1.04 bits per heavy atom. The third kappa shape index (κ3) is 3.30. The van der Waals surface area contributed by atoms with Crippen molar-refractivity contribution in [3.05, 3.63) is 71.8 Å².